The summed E-state index contributed by atoms with van der Waals surface area (Å²) in [5, 5.41) is 7.93. The molecule has 19 heavy (non-hydrogen) atoms. The van der Waals surface area contributed by atoms with Gasteiger partial charge in [-0.15, -0.1) is 0 Å². The third-order valence-corrected chi connectivity index (χ3v) is 3.65. The summed E-state index contributed by atoms with van der Waals surface area (Å²) in [5.74, 6) is 0.879. The van der Waals surface area contributed by atoms with Gasteiger partial charge in [-0.1, -0.05) is 12.1 Å². The lowest BCUT2D eigenvalue weighted by molar-refractivity contribution is 0.347. The average molecular weight is 257 g/mol. The first-order valence-corrected chi connectivity index (χ1v) is 6.76. The minimum Gasteiger partial charge on any atom is -0.497 e. The van der Waals surface area contributed by atoms with E-state index in [0.717, 1.165) is 30.0 Å². The van der Waals surface area contributed by atoms with Gasteiger partial charge in [0.1, 0.15) is 5.75 Å². The molecule has 2 aromatic rings. The van der Waals surface area contributed by atoms with Crippen LogP contribution in [0.1, 0.15) is 18.9 Å². The van der Waals surface area contributed by atoms with Crippen LogP contribution < -0.4 is 10.1 Å². The zero-order valence-electron chi connectivity index (χ0n) is 11.2. The zero-order chi connectivity index (χ0) is 13.1. The molecule has 1 saturated heterocycles. The van der Waals surface area contributed by atoms with Gasteiger partial charge in [0.05, 0.1) is 19.3 Å². The maximum absolute atomic E-state index is 5.26. The molecule has 1 aromatic carbocycles. The van der Waals surface area contributed by atoms with Gasteiger partial charge in [-0.05, 0) is 37.1 Å². The van der Waals surface area contributed by atoms with Crippen molar-refractivity contribution in [3.63, 3.8) is 0 Å². The van der Waals surface area contributed by atoms with E-state index in [1.54, 1.807) is 7.11 Å². The molecule has 1 N–H and O–H groups in total. The quantitative estimate of drug-likeness (QED) is 0.918. The first-order chi connectivity index (χ1) is 9.36. The highest BCUT2D eigenvalue weighted by molar-refractivity contribution is 5.63. The third kappa shape index (κ3) is 2.63. The van der Waals surface area contributed by atoms with Gasteiger partial charge in [-0.25, -0.2) is 0 Å². The molecule has 4 heteroatoms. The molecule has 0 amide bonds. The fourth-order valence-corrected chi connectivity index (χ4v) is 2.55. The molecule has 0 spiro atoms. The smallest absolute Gasteiger partial charge is 0.119 e. The molecular formula is C15H19N3O. The van der Waals surface area contributed by atoms with Crippen molar-refractivity contribution < 1.29 is 4.74 Å². The van der Waals surface area contributed by atoms with Crippen LogP contribution in [0.2, 0.25) is 0 Å². The maximum atomic E-state index is 5.26. The standard InChI is InChI=1S/C15H19N3O/c1-19-15-6-2-4-12(8-15)13-9-17-18(11-13)14-5-3-7-16-10-14/h2,4,6,8-9,11,14,16H,3,5,7,10H2,1H3. The highest BCUT2D eigenvalue weighted by atomic mass is 16.5. The van der Waals surface area contributed by atoms with Crippen LogP contribution in [0.5, 0.6) is 5.75 Å². The fraction of sp³-hybridized carbons (Fsp3) is 0.400. The number of hydrogen-bond donors (Lipinski definition) is 1. The molecule has 1 fully saturated rings. The van der Waals surface area contributed by atoms with E-state index in [2.05, 4.69) is 27.4 Å². The van der Waals surface area contributed by atoms with Crippen molar-refractivity contribution in [3.05, 3.63) is 36.7 Å². The Morgan fingerprint density at radius 1 is 1.37 bits per heavy atom. The van der Waals surface area contributed by atoms with E-state index in [9.17, 15) is 0 Å². The predicted molar refractivity (Wildman–Crippen MR) is 75.4 cm³/mol. The number of methoxy groups -OCH3 is 1. The van der Waals surface area contributed by atoms with E-state index in [1.165, 1.54) is 12.8 Å². The lowest BCUT2D eigenvalue weighted by Gasteiger charge is -2.22. The second kappa shape index (κ2) is 5.45. The second-order valence-corrected chi connectivity index (χ2v) is 4.94. The SMILES string of the molecule is COc1cccc(-c2cnn(C3CCCNC3)c2)c1. The zero-order valence-corrected chi connectivity index (χ0v) is 11.2. The number of piperidine rings is 1. The van der Waals surface area contributed by atoms with Crippen molar-refractivity contribution in [2.45, 2.75) is 18.9 Å². The Bertz CT molecular complexity index is 544. The van der Waals surface area contributed by atoms with Crippen LogP contribution in [-0.4, -0.2) is 30.0 Å². The van der Waals surface area contributed by atoms with Crippen LogP contribution in [0, 0.1) is 0 Å². The molecule has 1 aromatic heterocycles. The van der Waals surface area contributed by atoms with E-state index in [1.807, 2.05) is 24.4 Å². The van der Waals surface area contributed by atoms with E-state index in [4.69, 9.17) is 4.74 Å². The number of nitrogens with one attached hydrogen (secondary N) is 1. The summed E-state index contributed by atoms with van der Waals surface area (Å²) in [5.41, 5.74) is 2.29. The van der Waals surface area contributed by atoms with Gasteiger partial charge in [-0.3, -0.25) is 4.68 Å². The first kappa shape index (κ1) is 12.2. The molecule has 0 aliphatic carbocycles. The van der Waals surface area contributed by atoms with Gasteiger partial charge in [-0.2, -0.15) is 5.10 Å². The summed E-state index contributed by atoms with van der Waals surface area (Å²) in [6, 6.07) is 8.57. The summed E-state index contributed by atoms with van der Waals surface area (Å²) in [6.07, 6.45) is 6.49. The van der Waals surface area contributed by atoms with Crippen molar-refractivity contribution in [2.24, 2.45) is 0 Å². The van der Waals surface area contributed by atoms with Crippen molar-refractivity contribution in [1.82, 2.24) is 15.1 Å². The molecular weight excluding hydrogens is 238 g/mol. The van der Waals surface area contributed by atoms with Gasteiger partial charge >= 0.3 is 0 Å². The van der Waals surface area contributed by atoms with Gasteiger partial charge < -0.3 is 10.1 Å². The lowest BCUT2D eigenvalue weighted by atomic mass is 10.1. The number of aromatic nitrogens is 2. The molecule has 4 nitrogen and oxygen atoms in total. The van der Waals surface area contributed by atoms with E-state index in [-0.39, 0.29) is 0 Å². The molecule has 0 bridgehead atoms. The molecule has 1 aliphatic rings. The summed E-state index contributed by atoms with van der Waals surface area (Å²) in [4.78, 5) is 0. The van der Waals surface area contributed by atoms with E-state index >= 15 is 0 Å². The highest BCUT2D eigenvalue weighted by Crippen LogP contribution is 2.25. The fourth-order valence-electron chi connectivity index (χ4n) is 2.55. The second-order valence-electron chi connectivity index (χ2n) is 4.94. The summed E-state index contributed by atoms with van der Waals surface area (Å²) in [6.45, 7) is 2.14. The number of nitrogens with zero attached hydrogens (tertiary/aromatic N) is 2. The third-order valence-electron chi connectivity index (χ3n) is 3.65. The first-order valence-electron chi connectivity index (χ1n) is 6.76. The van der Waals surface area contributed by atoms with E-state index < -0.39 is 0 Å². The Morgan fingerprint density at radius 3 is 3.11 bits per heavy atom. The average Bonchev–Trinajstić information content (AvgIpc) is 2.98. The van der Waals surface area contributed by atoms with Crippen molar-refractivity contribution >= 4 is 0 Å². The van der Waals surface area contributed by atoms with Gasteiger partial charge in [0.15, 0.2) is 0 Å². The molecule has 1 atom stereocenters. The Labute approximate surface area is 113 Å². The molecule has 1 unspecified atom stereocenters. The van der Waals surface area contributed by atoms with Crippen molar-refractivity contribution in [2.75, 3.05) is 20.2 Å². The molecule has 100 valence electrons. The van der Waals surface area contributed by atoms with Gasteiger partial charge in [0.2, 0.25) is 0 Å². The van der Waals surface area contributed by atoms with Crippen LogP contribution in [0.3, 0.4) is 0 Å². The largest absolute Gasteiger partial charge is 0.497 e. The van der Waals surface area contributed by atoms with Gasteiger partial charge in [0.25, 0.3) is 0 Å². The van der Waals surface area contributed by atoms with Crippen LogP contribution in [0.25, 0.3) is 11.1 Å². The van der Waals surface area contributed by atoms with Gasteiger partial charge in [0, 0.05) is 18.3 Å². The Kier molecular flexibility index (Phi) is 3.51. The van der Waals surface area contributed by atoms with Crippen LogP contribution >= 0.6 is 0 Å². The number of benzene rings is 1. The molecule has 3 rings (SSSR count). The van der Waals surface area contributed by atoms with Crippen LogP contribution in [-0.2, 0) is 0 Å². The monoisotopic (exact) mass is 257 g/mol. The molecule has 1 aliphatic heterocycles. The van der Waals surface area contributed by atoms with Crippen LogP contribution in [0.4, 0.5) is 0 Å². The maximum Gasteiger partial charge on any atom is 0.119 e. The molecule has 0 saturated carbocycles. The lowest BCUT2D eigenvalue weighted by Crippen LogP contribution is -2.31. The number of rotatable bonds is 3. The van der Waals surface area contributed by atoms with E-state index in [0.29, 0.717) is 6.04 Å². The normalized spacial score (nSPS) is 19.3. The summed E-state index contributed by atoms with van der Waals surface area (Å²) in [7, 11) is 1.69. The van der Waals surface area contributed by atoms with Crippen molar-refractivity contribution in [3.8, 4) is 16.9 Å². The minimum absolute atomic E-state index is 0.480. The number of hydrogen-bond acceptors (Lipinski definition) is 3. The van der Waals surface area contributed by atoms with Crippen molar-refractivity contribution in [1.29, 1.82) is 0 Å². The minimum atomic E-state index is 0.480. The Hall–Kier alpha value is -1.81. The topological polar surface area (TPSA) is 39.1 Å². The Morgan fingerprint density at radius 2 is 2.32 bits per heavy atom. The van der Waals surface area contributed by atoms with Crippen LogP contribution in [0.15, 0.2) is 36.7 Å². The summed E-state index contributed by atoms with van der Waals surface area (Å²) >= 11 is 0. The molecule has 2 heterocycles. The Balaban J connectivity index is 1.83. The number of ether oxygens (including phenoxy) is 1. The highest BCUT2D eigenvalue weighted by Gasteiger charge is 2.15. The molecule has 0 radical (unpaired) electrons. The predicted octanol–water partition coefficient (Wildman–Crippen LogP) is 2.48. The summed E-state index contributed by atoms with van der Waals surface area (Å²) < 4.78 is 7.35.